The van der Waals surface area contributed by atoms with E-state index in [1.165, 1.54) is 13.1 Å². The van der Waals surface area contributed by atoms with Crippen molar-refractivity contribution in [1.82, 2.24) is 9.47 Å². The van der Waals surface area contributed by atoms with Crippen LogP contribution in [-0.4, -0.2) is 51.3 Å². The van der Waals surface area contributed by atoms with E-state index >= 15 is 0 Å². The molecule has 0 bridgehead atoms. The third-order valence-electron chi connectivity index (χ3n) is 3.85. The van der Waals surface area contributed by atoms with Crippen molar-refractivity contribution >= 4 is 17.8 Å². The van der Waals surface area contributed by atoms with Crippen molar-refractivity contribution in [2.45, 2.75) is 39.1 Å². The number of rotatable bonds is 1. The molecule has 0 aliphatic carbocycles. The van der Waals surface area contributed by atoms with Gasteiger partial charge >= 0.3 is 6.15 Å². The minimum atomic E-state index is -0.310. The van der Waals surface area contributed by atoms with Gasteiger partial charge in [0, 0.05) is 12.2 Å². The van der Waals surface area contributed by atoms with Gasteiger partial charge in [0.2, 0.25) is 0 Å². The summed E-state index contributed by atoms with van der Waals surface area (Å²) in [6.07, 6.45) is 2.25. The van der Waals surface area contributed by atoms with Crippen LogP contribution in [0.1, 0.15) is 41.1 Å². The van der Waals surface area contributed by atoms with Gasteiger partial charge in [-0.15, -0.1) is 0 Å². The maximum absolute atomic E-state index is 12.5. The van der Waals surface area contributed by atoms with Crippen LogP contribution in [0.4, 0.5) is 0 Å². The summed E-state index contributed by atoms with van der Waals surface area (Å²) in [4.78, 5) is 41.8. The fourth-order valence-electron chi connectivity index (χ4n) is 2.81. The first-order valence-electron chi connectivity index (χ1n) is 6.79. The average Bonchev–Trinajstić information content (AvgIpc) is 2.77. The Hall–Kier alpha value is -2.44. The largest absolute Gasteiger partial charge is 0.505 e. The summed E-state index contributed by atoms with van der Waals surface area (Å²) in [6.45, 7) is 4.41. The van der Waals surface area contributed by atoms with Crippen molar-refractivity contribution in [1.29, 1.82) is 0 Å². The van der Waals surface area contributed by atoms with Gasteiger partial charge in [0.15, 0.2) is 23.5 Å². The van der Waals surface area contributed by atoms with Gasteiger partial charge in [0.1, 0.15) is 0 Å². The number of amides is 1. The molecule has 0 spiro atoms. The predicted octanol–water partition coefficient (Wildman–Crippen LogP) is 0.403. The van der Waals surface area contributed by atoms with Crippen molar-refractivity contribution in [2.75, 3.05) is 6.61 Å². The molecule has 3 heterocycles. The standard InChI is InChI=1S/C13H16N2O4.CO2/c1-7-3-4-19-10-6-14-5-9(8(2)16)12(17)11(14)13(18)15(7)10;2-1-3/h5,7,10,17H,3-4,6H2,1-2H3;/t7-,10+;/m1./s1. The second-order valence-corrected chi connectivity index (χ2v) is 5.21. The highest BCUT2D eigenvalue weighted by molar-refractivity contribution is 6.04. The molecule has 3 rings (SSSR count). The number of Topliss-reactive ketones (excluding diaryl/α,β-unsaturated/α-hetero) is 1. The molecular formula is C14H16N2O6. The van der Waals surface area contributed by atoms with Gasteiger partial charge in [-0.3, -0.25) is 9.59 Å². The van der Waals surface area contributed by atoms with Crippen molar-refractivity contribution in [3.8, 4) is 5.75 Å². The van der Waals surface area contributed by atoms with Gasteiger partial charge in [-0.25, -0.2) is 0 Å². The molecule has 1 fully saturated rings. The lowest BCUT2D eigenvalue weighted by Gasteiger charge is -2.43. The third kappa shape index (κ3) is 2.54. The number of nitrogens with zero attached hydrogens (tertiary/aromatic N) is 2. The molecule has 8 nitrogen and oxygen atoms in total. The summed E-state index contributed by atoms with van der Waals surface area (Å²) >= 11 is 0. The second kappa shape index (κ2) is 6.13. The smallest absolute Gasteiger partial charge is 0.373 e. The van der Waals surface area contributed by atoms with E-state index in [4.69, 9.17) is 14.3 Å². The van der Waals surface area contributed by atoms with Gasteiger partial charge in [-0.05, 0) is 20.3 Å². The molecular weight excluding hydrogens is 292 g/mol. The van der Waals surface area contributed by atoms with Gasteiger partial charge in [0.25, 0.3) is 5.91 Å². The van der Waals surface area contributed by atoms with E-state index in [1.54, 1.807) is 9.47 Å². The number of fused-ring (bicyclic) bond motifs is 2. The summed E-state index contributed by atoms with van der Waals surface area (Å²) in [5.74, 6) is -0.735. The fourth-order valence-corrected chi connectivity index (χ4v) is 2.81. The zero-order valence-electron chi connectivity index (χ0n) is 12.2. The highest BCUT2D eigenvalue weighted by atomic mass is 16.5. The van der Waals surface area contributed by atoms with E-state index in [2.05, 4.69) is 0 Å². The number of hydrogen-bond acceptors (Lipinski definition) is 6. The lowest BCUT2D eigenvalue weighted by atomic mass is 10.1. The highest BCUT2D eigenvalue weighted by Gasteiger charge is 2.41. The molecule has 2 aliphatic rings. The first-order chi connectivity index (χ1) is 10.4. The quantitative estimate of drug-likeness (QED) is 0.753. The Kier molecular flexibility index (Phi) is 4.44. The number of aromatic hydroxyl groups is 1. The van der Waals surface area contributed by atoms with E-state index in [0.717, 1.165) is 6.42 Å². The van der Waals surface area contributed by atoms with Crippen molar-refractivity contribution in [3.05, 3.63) is 17.5 Å². The zero-order valence-corrected chi connectivity index (χ0v) is 12.2. The normalized spacial score (nSPS) is 22.8. The molecule has 1 aromatic rings. The molecule has 0 radical (unpaired) electrons. The van der Waals surface area contributed by atoms with Crippen molar-refractivity contribution < 1.29 is 29.0 Å². The Morgan fingerprint density at radius 1 is 1.45 bits per heavy atom. The predicted molar refractivity (Wildman–Crippen MR) is 71.1 cm³/mol. The number of aromatic nitrogens is 1. The van der Waals surface area contributed by atoms with E-state index in [1.807, 2.05) is 6.92 Å². The van der Waals surface area contributed by atoms with Crippen LogP contribution in [0.2, 0.25) is 0 Å². The monoisotopic (exact) mass is 308 g/mol. The van der Waals surface area contributed by atoms with Crippen LogP contribution in [0, 0.1) is 0 Å². The lowest BCUT2D eigenvalue weighted by Crippen LogP contribution is -2.56. The van der Waals surface area contributed by atoms with E-state index in [9.17, 15) is 14.7 Å². The number of ketones is 1. The lowest BCUT2D eigenvalue weighted by molar-refractivity contribution is -0.191. The Labute approximate surface area is 126 Å². The number of hydrogen-bond donors (Lipinski definition) is 1. The third-order valence-corrected chi connectivity index (χ3v) is 3.85. The summed E-state index contributed by atoms with van der Waals surface area (Å²) in [5.41, 5.74) is 0.384. The molecule has 0 aromatic carbocycles. The Balaban J connectivity index is 0.000000545. The van der Waals surface area contributed by atoms with Gasteiger partial charge in [-0.2, -0.15) is 9.59 Å². The van der Waals surface area contributed by atoms with Gasteiger partial charge < -0.3 is 19.3 Å². The summed E-state index contributed by atoms with van der Waals surface area (Å²) in [6, 6.07) is 0.0788. The van der Waals surface area contributed by atoms with Crippen LogP contribution >= 0.6 is 0 Å². The van der Waals surface area contributed by atoms with Crippen LogP contribution < -0.4 is 0 Å². The van der Waals surface area contributed by atoms with E-state index in [-0.39, 0.29) is 47.1 Å². The minimum absolute atomic E-state index is 0.0788. The molecule has 1 aromatic heterocycles. The first-order valence-corrected chi connectivity index (χ1v) is 6.79. The molecule has 2 aliphatic heterocycles. The SMILES string of the molecule is CC(=O)c1cn2c(c1O)C(=O)N1[C@H](C)CCO[C@H]1C2.O=C=O. The molecule has 1 amide bonds. The fraction of sp³-hybridized carbons (Fsp3) is 0.500. The summed E-state index contributed by atoms with van der Waals surface area (Å²) in [7, 11) is 0. The molecule has 0 unspecified atom stereocenters. The second-order valence-electron chi connectivity index (χ2n) is 5.21. The Morgan fingerprint density at radius 2 is 2.09 bits per heavy atom. The van der Waals surface area contributed by atoms with E-state index < -0.39 is 0 Å². The summed E-state index contributed by atoms with van der Waals surface area (Å²) < 4.78 is 7.23. The minimum Gasteiger partial charge on any atom is -0.505 e. The maximum atomic E-state index is 12.5. The topological polar surface area (TPSA) is 106 Å². The number of ether oxygens (including phenoxy) is 1. The molecule has 1 N–H and O–H groups in total. The van der Waals surface area contributed by atoms with Crippen molar-refractivity contribution in [3.63, 3.8) is 0 Å². The van der Waals surface area contributed by atoms with Crippen LogP contribution in [-0.2, 0) is 20.9 Å². The molecule has 22 heavy (non-hydrogen) atoms. The molecule has 118 valence electrons. The first kappa shape index (κ1) is 15.9. The van der Waals surface area contributed by atoms with Crippen LogP contribution in [0.5, 0.6) is 5.75 Å². The van der Waals surface area contributed by atoms with Crippen molar-refractivity contribution in [2.24, 2.45) is 0 Å². The van der Waals surface area contributed by atoms with Gasteiger partial charge in [0.05, 0.1) is 18.7 Å². The number of carbonyl (C=O) groups excluding carboxylic acids is 4. The van der Waals surface area contributed by atoms with Gasteiger partial charge in [-0.1, -0.05) is 0 Å². The highest BCUT2D eigenvalue weighted by Crippen LogP contribution is 2.33. The molecule has 2 atom stereocenters. The van der Waals surface area contributed by atoms with E-state index in [0.29, 0.717) is 13.2 Å². The van der Waals surface area contributed by atoms with Crippen LogP contribution in [0.3, 0.4) is 0 Å². The number of carbonyl (C=O) groups is 2. The van der Waals surface area contributed by atoms with Crippen LogP contribution in [0.25, 0.3) is 0 Å². The molecule has 1 saturated heterocycles. The maximum Gasteiger partial charge on any atom is 0.373 e. The molecule has 0 saturated carbocycles. The Morgan fingerprint density at radius 3 is 2.68 bits per heavy atom. The average molecular weight is 308 g/mol. The molecule has 8 heteroatoms. The zero-order chi connectivity index (χ0) is 16.4. The van der Waals surface area contributed by atoms with Crippen LogP contribution in [0.15, 0.2) is 6.20 Å². The Bertz CT molecular complexity index is 644. The summed E-state index contributed by atoms with van der Waals surface area (Å²) in [5, 5.41) is 10.1.